The van der Waals surface area contributed by atoms with Crippen molar-refractivity contribution in [1.29, 1.82) is 0 Å². The van der Waals surface area contributed by atoms with Crippen LogP contribution >= 0.6 is 11.3 Å². The molecule has 5 nitrogen and oxygen atoms in total. The van der Waals surface area contributed by atoms with Gasteiger partial charge >= 0.3 is 0 Å². The van der Waals surface area contributed by atoms with Gasteiger partial charge in [-0.25, -0.2) is 4.98 Å². The number of pyridine rings is 1. The summed E-state index contributed by atoms with van der Waals surface area (Å²) in [5, 5.41) is 5.59. The molecular formula is C14H17N3O2S. The first-order valence-corrected chi connectivity index (χ1v) is 7.21. The Morgan fingerprint density at radius 1 is 1.50 bits per heavy atom. The number of nitrogens with zero attached hydrogens (tertiary/aromatic N) is 2. The fourth-order valence-corrected chi connectivity index (χ4v) is 2.57. The molecule has 0 aliphatic carbocycles. The molecule has 0 saturated heterocycles. The number of carbonyl (C=O) groups excluding carboxylic acids is 1. The number of aromatic nitrogens is 2. The van der Waals surface area contributed by atoms with Gasteiger partial charge in [-0.2, -0.15) is 0 Å². The number of carbonyl (C=O) groups is 1. The van der Waals surface area contributed by atoms with Crippen molar-refractivity contribution in [3.63, 3.8) is 0 Å². The lowest BCUT2D eigenvalue weighted by Crippen LogP contribution is -2.36. The van der Waals surface area contributed by atoms with Gasteiger partial charge in [-0.3, -0.25) is 9.78 Å². The van der Waals surface area contributed by atoms with Crippen LogP contribution in [0.5, 0.6) is 0 Å². The third-order valence-corrected chi connectivity index (χ3v) is 3.52. The van der Waals surface area contributed by atoms with Gasteiger partial charge < -0.3 is 10.1 Å². The van der Waals surface area contributed by atoms with Crippen molar-refractivity contribution in [3.05, 3.63) is 35.5 Å². The van der Waals surface area contributed by atoms with E-state index in [9.17, 15) is 4.79 Å². The fraction of sp³-hybridized carbons (Fsp3) is 0.357. The lowest BCUT2D eigenvalue weighted by molar-refractivity contribution is -0.121. The molecule has 0 unspecified atom stereocenters. The molecule has 0 saturated carbocycles. The summed E-state index contributed by atoms with van der Waals surface area (Å²) in [5.74, 6) is -0.0487. The minimum Gasteiger partial charge on any atom is -0.383 e. The summed E-state index contributed by atoms with van der Waals surface area (Å²) in [6, 6.07) is 5.69. The number of rotatable bonds is 6. The second-order valence-electron chi connectivity index (χ2n) is 4.46. The maximum absolute atomic E-state index is 11.8. The molecule has 0 aromatic carbocycles. The normalized spacial score (nSPS) is 12.1. The van der Waals surface area contributed by atoms with Crippen LogP contribution in [0.4, 0.5) is 0 Å². The van der Waals surface area contributed by atoms with Gasteiger partial charge in [-0.15, -0.1) is 11.3 Å². The van der Waals surface area contributed by atoms with E-state index in [1.807, 2.05) is 30.5 Å². The molecule has 2 aromatic heterocycles. The Morgan fingerprint density at radius 3 is 3.05 bits per heavy atom. The van der Waals surface area contributed by atoms with Crippen molar-refractivity contribution >= 4 is 17.2 Å². The van der Waals surface area contributed by atoms with Crippen LogP contribution in [0.2, 0.25) is 0 Å². The zero-order chi connectivity index (χ0) is 14.4. The SMILES string of the molecule is COC[C@@H](C)NC(=O)Cc1csc(-c2ccccn2)n1. The van der Waals surface area contributed by atoms with Gasteiger partial charge in [0.1, 0.15) is 5.01 Å². The molecule has 0 spiro atoms. The Morgan fingerprint density at radius 2 is 2.35 bits per heavy atom. The molecule has 2 heterocycles. The minimum absolute atomic E-state index is 0.00129. The van der Waals surface area contributed by atoms with Crippen LogP contribution in [0, 0.1) is 0 Å². The van der Waals surface area contributed by atoms with Gasteiger partial charge in [-0.05, 0) is 19.1 Å². The monoisotopic (exact) mass is 291 g/mol. The first-order valence-electron chi connectivity index (χ1n) is 6.33. The van der Waals surface area contributed by atoms with Crippen molar-refractivity contribution in [2.45, 2.75) is 19.4 Å². The number of methoxy groups -OCH3 is 1. The fourth-order valence-electron chi connectivity index (χ4n) is 1.78. The second kappa shape index (κ2) is 7.12. The van der Waals surface area contributed by atoms with Crippen LogP contribution < -0.4 is 5.32 Å². The zero-order valence-electron chi connectivity index (χ0n) is 11.5. The van der Waals surface area contributed by atoms with Crippen LogP contribution in [0.15, 0.2) is 29.8 Å². The Balaban J connectivity index is 1.95. The third-order valence-electron chi connectivity index (χ3n) is 2.60. The summed E-state index contributed by atoms with van der Waals surface area (Å²) >= 11 is 1.50. The van der Waals surface area contributed by atoms with Gasteiger partial charge in [0.2, 0.25) is 5.91 Å². The highest BCUT2D eigenvalue weighted by atomic mass is 32.1. The first kappa shape index (κ1) is 14.6. The molecule has 6 heteroatoms. The van der Waals surface area contributed by atoms with E-state index in [4.69, 9.17) is 4.74 Å². The lowest BCUT2D eigenvalue weighted by atomic mass is 10.3. The number of amides is 1. The molecule has 106 valence electrons. The summed E-state index contributed by atoms with van der Waals surface area (Å²) < 4.78 is 4.98. The molecule has 2 aromatic rings. The Labute approximate surface area is 122 Å². The van der Waals surface area contributed by atoms with Crippen LogP contribution in [0.1, 0.15) is 12.6 Å². The van der Waals surface area contributed by atoms with E-state index >= 15 is 0 Å². The molecule has 1 atom stereocenters. The van der Waals surface area contributed by atoms with Crippen LogP contribution in [-0.4, -0.2) is 35.6 Å². The van der Waals surface area contributed by atoms with E-state index in [0.717, 1.165) is 16.4 Å². The van der Waals surface area contributed by atoms with Crippen molar-refractivity contribution in [2.75, 3.05) is 13.7 Å². The van der Waals surface area contributed by atoms with Crippen molar-refractivity contribution in [3.8, 4) is 10.7 Å². The van der Waals surface area contributed by atoms with Crippen molar-refractivity contribution < 1.29 is 9.53 Å². The maximum Gasteiger partial charge on any atom is 0.226 e. The molecule has 20 heavy (non-hydrogen) atoms. The minimum atomic E-state index is -0.0487. The second-order valence-corrected chi connectivity index (χ2v) is 5.32. The van der Waals surface area contributed by atoms with Crippen molar-refractivity contribution in [1.82, 2.24) is 15.3 Å². The van der Waals surface area contributed by atoms with Gasteiger partial charge in [0.15, 0.2) is 0 Å². The average Bonchev–Trinajstić information content (AvgIpc) is 2.88. The highest BCUT2D eigenvalue weighted by Crippen LogP contribution is 2.21. The maximum atomic E-state index is 11.8. The van der Waals surface area contributed by atoms with Crippen LogP contribution in [0.25, 0.3) is 10.7 Å². The predicted molar refractivity (Wildman–Crippen MR) is 78.5 cm³/mol. The summed E-state index contributed by atoms with van der Waals surface area (Å²) in [6.07, 6.45) is 2.01. The summed E-state index contributed by atoms with van der Waals surface area (Å²) in [4.78, 5) is 20.5. The largest absolute Gasteiger partial charge is 0.383 e. The van der Waals surface area contributed by atoms with E-state index in [-0.39, 0.29) is 18.4 Å². The van der Waals surface area contributed by atoms with Gasteiger partial charge in [0, 0.05) is 24.7 Å². The van der Waals surface area contributed by atoms with Gasteiger partial charge in [0.25, 0.3) is 0 Å². The lowest BCUT2D eigenvalue weighted by Gasteiger charge is -2.11. The number of hydrogen-bond donors (Lipinski definition) is 1. The molecule has 0 aliphatic rings. The Kier molecular flexibility index (Phi) is 5.20. The van der Waals surface area contributed by atoms with E-state index in [0.29, 0.717) is 6.61 Å². The standard InChI is InChI=1S/C14H17N3O2S/c1-10(8-19-2)16-13(18)7-11-9-20-14(17-11)12-5-3-4-6-15-12/h3-6,9-10H,7-8H2,1-2H3,(H,16,18)/t10-/m1/s1. The number of ether oxygens (including phenoxy) is 1. The molecule has 1 amide bonds. The molecule has 0 bridgehead atoms. The average molecular weight is 291 g/mol. The molecule has 0 radical (unpaired) electrons. The quantitative estimate of drug-likeness (QED) is 0.883. The summed E-state index contributed by atoms with van der Waals surface area (Å²) in [5.41, 5.74) is 1.59. The van der Waals surface area contributed by atoms with E-state index in [1.54, 1.807) is 13.3 Å². The molecule has 0 aliphatic heterocycles. The van der Waals surface area contributed by atoms with E-state index in [2.05, 4.69) is 15.3 Å². The third kappa shape index (κ3) is 4.11. The smallest absolute Gasteiger partial charge is 0.226 e. The van der Waals surface area contributed by atoms with E-state index in [1.165, 1.54) is 11.3 Å². The van der Waals surface area contributed by atoms with Crippen LogP contribution in [0.3, 0.4) is 0 Å². The Hall–Kier alpha value is -1.79. The van der Waals surface area contributed by atoms with Crippen molar-refractivity contribution in [2.24, 2.45) is 0 Å². The number of hydrogen-bond acceptors (Lipinski definition) is 5. The molecular weight excluding hydrogens is 274 g/mol. The van der Waals surface area contributed by atoms with E-state index < -0.39 is 0 Å². The number of nitrogens with one attached hydrogen (secondary N) is 1. The topological polar surface area (TPSA) is 64.1 Å². The highest BCUT2D eigenvalue weighted by Gasteiger charge is 2.11. The predicted octanol–water partition coefficient (Wildman–Crippen LogP) is 1.90. The Bertz CT molecular complexity index is 557. The molecule has 2 rings (SSSR count). The summed E-state index contributed by atoms with van der Waals surface area (Å²) in [6.45, 7) is 2.41. The van der Waals surface area contributed by atoms with Gasteiger partial charge in [0.05, 0.1) is 24.4 Å². The molecule has 0 fully saturated rings. The first-order chi connectivity index (χ1) is 9.69. The van der Waals surface area contributed by atoms with Crippen LogP contribution in [-0.2, 0) is 16.0 Å². The zero-order valence-corrected chi connectivity index (χ0v) is 12.3. The highest BCUT2D eigenvalue weighted by molar-refractivity contribution is 7.13. The summed E-state index contributed by atoms with van der Waals surface area (Å²) in [7, 11) is 1.61. The van der Waals surface area contributed by atoms with Gasteiger partial charge in [-0.1, -0.05) is 6.07 Å². The molecule has 1 N–H and O–H groups in total. The number of thiazole rings is 1.